The second-order valence-electron chi connectivity index (χ2n) is 6.05. The van der Waals surface area contributed by atoms with Crippen LogP contribution in [0.5, 0.6) is 0 Å². The zero-order valence-corrected chi connectivity index (χ0v) is 18.1. The lowest BCUT2D eigenvalue weighted by molar-refractivity contribution is -0.114. The average molecular weight is 444 g/mol. The van der Waals surface area contributed by atoms with Gasteiger partial charge in [0.1, 0.15) is 5.76 Å². The van der Waals surface area contributed by atoms with Gasteiger partial charge in [0, 0.05) is 24.1 Å². The Morgan fingerprint density at radius 2 is 2.07 bits per heavy atom. The largest absolute Gasteiger partial charge is 0.440 e. The molecule has 2 N–H and O–H groups in total. The van der Waals surface area contributed by atoms with E-state index in [0.29, 0.717) is 16.8 Å². The molecule has 0 saturated heterocycles. The highest BCUT2D eigenvalue weighted by atomic mass is 32.2. The van der Waals surface area contributed by atoms with E-state index >= 15 is 0 Å². The fraction of sp³-hybridized carbons (Fsp3) is 0.158. The molecule has 3 aromatic heterocycles. The van der Waals surface area contributed by atoms with Gasteiger partial charge < -0.3 is 15.1 Å². The normalized spacial score (nSPS) is 10.8. The summed E-state index contributed by atoms with van der Waals surface area (Å²) in [5.41, 5.74) is 2.47. The number of amides is 1. The maximum Gasteiger partial charge on any atom is 0.236 e. The fourth-order valence-corrected chi connectivity index (χ4v) is 4.94. The molecule has 3 heterocycles. The Bertz CT molecular complexity index is 1120. The molecule has 4 aromatic rings. The van der Waals surface area contributed by atoms with Crippen LogP contribution in [-0.4, -0.2) is 21.1 Å². The highest BCUT2D eigenvalue weighted by Crippen LogP contribution is 2.32. The summed E-state index contributed by atoms with van der Waals surface area (Å²) >= 11 is 4.64. The third-order valence-electron chi connectivity index (χ3n) is 3.80. The van der Waals surface area contributed by atoms with E-state index < -0.39 is 0 Å². The number of hydrogen-bond acceptors (Lipinski definition) is 9. The number of thioether (sulfide) groups is 1. The third-order valence-corrected chi connectivity index (χ3v) is 6.64. The van der Waals surface area contributed by atoms with Crippen LogP contribution in [0.4, 0.5) is 16.5 Å². The number of carbonyl (C=O) groups excluding carboxylic acids is 1. The summed E-state index contributed by atoms with van der Waals surface area (Å²) in [6.45, 7) is 3.41. The van der Waals surface area contributed by atoms with Gasteiger partial charge in [-0.3, -0.25) is 4.79 Å². The van der Waals surface area contributed by atoms with Crippen molar-refractivity contribution in [2.24, 2.45) is 0 Å². The van der Waals surface area contributed by atoms with E-state index in [1.54, 1.807) is 23.1 Å². The Balaban J connectivity index is 1.38. The maximum atomic E-state index is 11.2. The number of aromatic nitrogens is 3. The Hall–Kier alpha value is -2.69. The highest BCUT2D eigenvalue weighted by molar-refractivity contribution is 8.00. The topological polar surface area (TPSA) is 92.9 Å². The van der Waals surface area contributed by atoms with Gasteiger partial charge in [0.25, 0.3) is 0 Å². The van der Waals surface area contributed by atoms with Gasteiger partial charge >= 0.3 is 0 Å². The van der Waals surface area contributed by atoms with Gasteiger partial charge in [-0.15, -0.1) is 21.5 Å². The van der Waals surface area contributed by atoms with Gasteiger partial charge in [-0.25, -0.2) is 4.98 Å². The van der Waals surface area contributed by atoms with Crippen LogP contribution < -0.4 is 10.6 Å². The van der Waals surface area contributed by atoms with Crippen LogP contribution in [0.2, 0.25) is 0 Å². The standard InChI is InChI=1S/C19H17N5O2S3/c1-11-15(22-17(26-11)16-7-4-8-27-16)10-28-19-24-23-18(29-19)21-14-6-3-5-13(9-14)20-12(2)25/h3-9H,10H2,1-2H3,(H,20,25)(H,21,23). The van der Waals surface area contributed by atoms with Gasteiger partial charge in [-0.2, -0.15) is 0 Å². The average Bonchev–Trinajstić information content (AvgIpc) is 3.41. The Morgan fingerprint density at radius 1 is 1.21 bits per heavy atom. The molecule has 0 saturated carbocycles. The van der Waals surface area contributed by atoms with E-state index in [0.717, 1.165) is 32.0 Å². The minimum Gasteiger partial charge on any atom is -0.440 e. The van der Waals surface area contributed by atoms with Crippen molar-refractivity contribution < 1.29 is 9.21 Å². The maximum absolute atomic E-state index is 11.2. The molecule has 0 aliphatic carbocycles. The first-order valence-electron chi connectivity index (χ1n) is 8.68. The number of carbonyl (C=O) groups is 1. The molecule has 0 radical (unpaired) electrons. The third kappa shape index (κ3) is 5.03. The van der Waals surface area contributed by atoms with Crippen molar-refractivity contribution in [3.05, 3.63) is 53.2 Å². The first kappa shape index (κ1) is 19.6. The molecule has 0 aliphatic rings. The summed E-state index contributed by atoms with van der Waals surface area (Å²) in [7, 11) is 0. The van der Waals surface area contributed by atoms with Crippen LogP contribution in [0, 0.1) is 6.92 Å². The summed E-state index contributed by atoms with van der Waals surface area (Å²) in [6, 6.07) is 11.4. The number of aryl methyl sites for hydroxylation is 1. The summed E-state index contributed by atoms with van der Waals surface area (Å²) in [4.78, 5) is 16.8. The summed E-state index contributed by atoms with van der Waals surface area (Å²) < 4.78 is 6.62. The number of rotatable bonds is 7. The summed E-state index contributed by atoms with van der Waals surface area (Å²) in [5.74, 6) is 2.03. The predicted molar refractivity (Wildman–Crippen MR) is 118 cm³/mol. The molecule has 0 unspecified atom stereocenters. The van der Waals surface area contributed by atoms with Crippen molar-refractivity contribution in [1.82, 2.24) is 15.2 Å². The monoisotopic (exact) mass is 443 g/mol. The van der Waals surface area contributed by atoms with E-state index in [-0.39, 0.29) is 5.91 Å². The molecule has 4 rings (SSSR count). The van der Waals surface area contributed by atoms with E-state index in [4.69, 9.17) is 4.42 Å². The second kappa shape index (κ2) is 8.76. The predicted octanol–water partition coefficient (Wildman–Crippen LogP) is 5.56. The molecule has 0 fully saturated rings. The fourth-order valence-electron chi connectivity index (χ4n) is 2.52. The van der Waals surface area contributed by atoms with E-state index in [1.807, 2.05) is 48.7 Å². The van der Waals surface area contributed by atoms with Gasteiger partial charge in [0.2, 0.25) is 16.9 Å². The van der Waals surface area contributed by atoms with Crippen LogP contribution in [0.3, 0.4) is 0 Å². The number of hydrogen-bond donors (Lipinski definition) is 2. The lowest BCUT2D eigenvalue weighted by atomic mass is 10.3. The van der Waals surface area contributed by atoms with Crippen LogP contribution in [0.25, 0.3) is 10.8 Å². The number of oxazole rings is 1. The number of benzene rings is 1. The van der Waals surface area contributed by atoms with Crippen LogP contribution in [0.1, 0.15) is 18.4 Å². The van der Waals surface area contributed by atoms with Crippen LogP contribution in [0.15, 0.2) is 50.5 Å². The Kier molecular flexibility index (Phi) is 5.93. The number of anilines is 3. The number of nitrogens with one attached hydrogen (secondary N) is 2. The molecule has 148 valence electrons. The smallest absolute Gasteiger partial charge is 0.236 e. The van der Waals surface area contributed by atoms with Crippen molar-refractivity contribution in [1.29, 1.82) is 0 Å². The molecule has 10 heteroatoms. The Morgan fingerprint density at radius 3 is 2.86 bits per heavy atom. The van der Waals surface area contributed by atoms with E-state index in [1.165, 1.54) is 18.3 Å². The van der Waals surface area contributed by atoms with Crippen molar-refractivity contribution in [2.75, 3.05) is 10.6 Å². The summed E-state index contributed by atoms with van der Waals surface area (Å²) in [5, 5.41) is 17.1. The Labute approximate surface area is 179 Å². The molecular formula is C19H17N5O2S3. The van der Waals surface area contributed by atoms with Crippen molar-refractivity contribution >= 4 is 56.8 Å². The molecule has 7 nitrogen and oxygen atoms in total. The van der Waals surface area contributed by atoms with Crippen molar-refractivity contribution in [3.63, 3.8) is 0 Å². The zero-order chi connectivity index (χ0) is 20.2. The minimum absolute atomic E-state index is 0.109. The highest BCUT2D eigenvalue weighted by Gasteiger charge is 2.14. The first-order chi connectivity index (χ1) is 14.1. The quantitative estimate of drug-likeness (QED) is 0.361. The van der Waals surface area contributed by atoms with Crippen LogP contribution in [-0.2, 0) is 10.5 Å². The number of thiophene rings is 1. The van der Waals surface area contributed by atoms with Gasteiger partial charge in [-0.05, 0) is 36.6 Å². The second-order valence-corrected chi connectivity index (χ2v) is 9.20. The van der Waals surface area contributed by atoms with Gasteiger partial charge in [0.15, 0.2) is 4.34 Å². The molecule has 1 amide bonds. The molecule has 0 aliphatic heterocycles. The first-order valence-corrected chi connectivity index (χ1v) is 11.4. The van der Waals surface area contributed by atoms with Crippen LogP contribution >= 0.6 is 34.4 Å². The molecular weight excluding hydrogens is 426 g/mol. The molecule has 0 spiro atoms. The molecule has 0 atom stereocenters. The van der Waals surface area contributed by atoms with Gasteiger partial charge in [-0.1, -0.05) is 35.2 Å². The van der Waals surface area contributed by atoms with E-state index in [2.05, 4.69) is 25.8 Å². The molecule has 0 bridgehead atoms. The lowest BCUT2D eigenvalue weighted by Crippen LogP contribution is -2.05. The number of nitrogens with zero attached hydrogens (tertiary/aromatic N) is 3. The minimum atomic E-state index is -0.109. The van der Waals surface area contributed by atoms with Crippen molar-refractivity contribution in [2.45, 2.75) is 23.9 Å². The summed E-state index contributed by atoms with van der Waals surface area (Å²) in [6.07, 6.45) is 0. The molecule has 29 heavy (non-hydrogen) atoms. The SMILES string of the molecule is CC(=O)Nc1cccc(Nc2nnc(SCc3nc(-c4cccs4)oc3C)s2)c1. The van der Waals surface area contributed by atoms with E-state index in [9.17, 15) is 4.79 Å². The van der Waals surface area contributed by atoms with Crippen molar-refractivity contribution in [3.8, 4) is 10.8 Å². The lowest BCUT2D eigenvalue weighted by Gasteiger charge is -2.05. The molecule has 1 aromatic carbocycles. The van der Waals surface area contributed by atoms with Gasteiger partial charge in [0.05, 0.1) is 10.6 Å². The zero-order valence-electron chi connectivity index (χ0n) is 15.6.